The third kappa shape index (κ3) is 8.68. The summed E-state index contributed by atoms with van der Waals surface area (Å²) in [6.07, 6.45) is 4.63. The van der Waals surface area contributed by atoms with Crippen molar-refractivity contribution in [1.29, 1.82) is 0 Å². The number of carbonyl (C=O) groups is 2. The van der Waals surface area contributed by atoms with Crippen LogP contribution < -0.4 is 0 Å². The van der Waals surface area contributed by atoms with Gasteiger partial charge >= 0.3 is 12.1 Å². The van der Waals surface area contributed by atoms with E-state index < -0.39 is 5.60 Å². The summed E-state index contributed by atoms with van der Waals surface area (Å²) in [4.78, 5) is 34.9. The normalized spacial score (nSPS) is 16.8. The molecule has 0 bridgehead atoms. The zero-order chi connectivity index (χ0) is 31.9. The van der Waals surface area contributed by atoms with Crippen molar-refractivity contribution in [2.24, 2.45) is 5.41 Å². The number of ether oxygens (including phenoxy) is 3. The third-order valence-corrected chi connectivity index (χ3v) is 8.11. The highest BCUT2D eigenvalue weighted by molar-refractivity contribution is 5.89. The van der Waals surface area contributed by atoms with Crippen LogP contribution >= 0.6 is 0 Å². The average molecular weight is 612 g/mol. The molecule has 2 aliphatic rings. The quantitative estimate of drug-likeness (QED) is 0.341. The Bertz CT molecular complexity index is 1300. The smallest absolute Gasteiger partial charge is 0.410 e. The van der Waals surface area contributed by atoms with Gasteiger partial charge in [-0.1, -0.05) is 24.3 Å². The first-order chi connectivity index (χ1) is 20.9. The highest BCUT2D eigenvalue weighted by Crippen LogP contribution is 2.41. The average Bonchev–Trinajstić information content (AvgIpc) is 3.33. The number of amides is 1. The van der Waals surface area contributed by atoms with Crippen molar-refractivity contribution in [3.8, 4) is 0 Å². The molecule has 44 heavy (non-hydrogen) atoms. The van der Waals surface area contributed by atoms with Gasteiger partial charge in [0.05, 0.1) is 49.8 Å². The molecule has 2 aromatic rings. The number of aromatic nitrogens is 2. The first-order valence-electron chi connectivity index (χ1n) is 15.3. The minimum Gasteiger partial charge on any atom is -0.444 e. The second kappa shape index (κ2) is 14.7. The van der Waals surface area contributed by atoms with Crippen LogP contribution in [0.3, 0.4) is 0 Å². The van der Waals surface area contributed by atoms with Crippen LogP contribution in [0.25, 0.3) is 5.57 Å². The number of hydrogen-bond acceptors (Lipinski definition) is 9. The Kier molecular flexibility index (Phi) is 11.2. The summed E-state index contributed by atoms with van der Waals surface area (Å²) in [5, 5.41) is 6.81. The van der Waals surface area contributed by atoms with Gasteiger partial charge in [-0.2, -0.15) is 5.10 Å². The number of methoxy groups -OCH3 is 2. The predicted molar refractivity (Wildman–Crippen MR) is 168 cm³/mol. The molecule has 11 nitrogen and oxygen atoms in total. The van der Waals surface area contributed by atoms with Crippen LogP contribution in [0.2, 0.25) is 0 Å². The van der Waals surface area contributed by atoms with Crippen LogP contribution in [0.4, 0.5) is 4.79 Å². The second-order valence-corrected chi connectivity index (χ2v) is 13.0. The summed E-state index contributed by atoms with van der Waals surface area (Å²) in [6.45, 7) is 10.3. The SMILES string of the molecule is COCC1(COC)CC=C(c2c(CN(C)CCN(C)C(=O)OC(C)(C)C)nn3c2CN(OC(=O)c2ccccc2)CC3)CC1. The van der Waals surface area contributed by atoms with Gasteiger partial charge < -0.3 is 23.9 Å². The molecule has 1 aromatic heterocycles. The molecule has 1 aromatic carbocycles. The molecule has 4 rings (SSSR count). The van der Waals surface area contributed by atoms with Crippen molar-refractivity contribution < 1.29 is 28.6 Å². The van der Waals surface area contributed by atoms with Gasteiger partial charge in [0.15, 0.2) is 0 Å². The number of carbonyl (C=O) groups excluding carboxylic acids is 2. The maximum absolute atomic E-state index is 12.8. The lowest BCUT2D eigenvalue weighted by Gasteiger charge is -2.36. The standard InChI is InChI=1S/C33H49N5O6/c1-32(2,3)43-31(40)36(5)18-17-35(4)21-27-29(25-13-15-33(16-14-25,23-41-6)24-42-7)28-22-37(19-20-38(28)34-27)44-30(39)26-11-9-8-10-12-26/h8-13H,14-24H2,1-7H3. The van der Waals surface area contributed by atoms with Crippen LogP contribution in [0.1, 0.15) is 67.3 Å². The Balaban J connectivity index is 1.54. The zero-order valence-electron chi connectivity index (χ0n) is 27.4. The van der Waals surface area contributed by atoms with Crippen LogP contribution in [0.5, 0.6) is 0 Å². The Hall–Kier alpha value is -3.25. The minimum atomic E-state index is -0.539. The van der Waals surface area contributed by atoms with Crippen molar-refractivity contribution in [1.82, 2.24) is 24.6 Å². The van der Waals surface area contributed by atoms with Crippen LogP contribution in [0, 0.1) is 5.41 Å². The molecule has 0 spiro atoms. The number of allylic oxidation sites excluding steroid dienone is 2. The summed E-state index contributed by atoms with van der Waals surface area (Å²) in [5.41, 5.74) is 4.33. The van der Waals surface area contributed by atoms with E-state index in [0.717, 1.165) is 36.2 Å². The third-order valence-electron chi connectivity index (χ3n) is 8.11. The van der Waals surface area contributed by atoms with E-state index in [1.54, 1.807) is 43.4 Å². The number of fused-ring (bicyclic) bond motifs is 1. The molecule has 0 saturated heterocycles. The van der Waals surface area contributed by atoms with E-state index in [1.807, 2.05) is 46.0 Å². The van der Waals surface area contributed by atoms with Gasteiger partial charge in [-0.15, -0.1) is 5.06 Å². The van der Waals surface area contributed by atoms with Gasteiger partial charge in [-0.25, -0.2) is 9.59 Å². The van der Waals surface area contributed by atoms with E-state index in [4.69, 9.17) is 24.1 Å². The fraction of sp³-hybridized carbons (Fsp3) is 0.606. The van der Waals surface area contributed by atoms with Crippen LogP contribution in [-0.2, 0) is 38.7 Å². The fourth-order valence-corrected chi connectivity index (χ4v) is 5.83. The molecule has 0 N–H and O–H groups in total. The first kappa shape index (κ1) is 33.6. The summed E-state index contributed by atoms with van der Waals surface area (Å²) in [6, 6.07) is 9.06. The molecule has 1 amide bonds. The van der Waals surface area contributed by atoms with Crippen molar-refractivity contribution in [3.63, 3.8) is 0 Å². The Labute approximate surface area is 261 Å². The Morgan fingerprint density at radius 3 is 2.34 bits per heavy atom. The summed E-state index contributed by atoms with van der Waals surface area (Å²) < 4.78 is 18.7. The predicted octanol–water partition coefficient (Wildman–Crippen LogP) is 4.62. The molecule has 1 aliphatic carbocycles. The zero-order valence-corrected chi connectivity index (χ0v) is 27.4. The lowest BCUT2D eigenvalue weighted by molar-refractivity contribution is -0.127. The highest BCUT2D eigenvalue weighted by Gasteiger charge is 2.35. The van der Waals surface area contributed by atoms with E-state index in [0.29, 0.717) is 58.0 Å². The van der Waals surface area contributed by atoms with Gasteiger partial charge in [-0.3, -0.25) is 9.58 Å². The molecule has 0 atom stereocenters. The van der Waals surface area contributed by atoms with Gasteiger partial charge in [-0.05, 0) is 64.8 Å². The number of nitrogens with zero attached hydrogens (tertiary/aromatic N) is 5. The van der Waals surface area contributed by atoms with E-state index >= 15 is 0 Å². The molecule has 0 radical (unpaired) electrons. The molecule has 2 heterocycles. The number of rotatable bonds is 12. The monoisotopic (exact) mass is 611 g/mol. The van der Waals surface area contributed by atoms with Gasteiger partial charge in [0, 0.05) is 51.9 Å². The molecule has 0 saturated carbocycles. The first-order valence-corrected chi connectivity index (χ1v) is 15.3. The molecule has 0 fully saturated rings. The molecular formula is C33H49N5O6. The number of benzene rings is 1. The highest BCUT2D eigenvalue weighted by atomic mass is 16.7. The van der Waals surface area contributed by atoms with Crippen molar-refractivity contribution >= 4 is 17.6 Å². The minimum absolute atomic E-state index is 0.0549. The van der Waals surface area contributed by atoms with Gasteiger partial charge in [0.1, 0.15) is 5.60 Å². The molecule has 242 valence electrons. The van der Waals surface area contributed by atoms with E-state index in [9.17, 15) is 9.59 Å². The van der Waals surface area contributed by atoms with Crippen LogP contribution in [0.15, 0.2) is 36.4 Å². The van der Waals surface area contributed by atoms with Gasteiger partial charge in [0.2, 0.25) is 0 Å². The maximum Gasteiger partial charge on any atom is 0.410 e. The summed E-state index contributed by atoms with van der Waals surface area (Å²) in [5.74, 6) is -0.366. The van der Waals surface area contributed by atoms with Gasteiger partial charge in [0.25, 0.3) is 0 Å². The molecule has 1 aliphatic heterocycles. The van der Waals surface area contributed by atoms with Crippen LogP contribution in [-0.4, -0.2) is 103 Å². The number of hydroxylamine groups is 2. The summed E-state index contributed by atoms with van der Waals surface area (Å²) >= 11 is 0. The van der Waals surface area contributed by atoms with Crippen molar-refractivity contribution in [3.05, 3.63) is 58.9 Å². The van der Waals surface area contributed by atoms with E-state index in [-0.39, 0.29) is 17.5 Å². The molecular weight excluding hydrogens is 562 g/mol. The lowest BCUT2D eigenvalue weighted by atomic mass is 9.74. The molecule has 11 heteroatoms. The van der Waals surface area contributed by atoms with Crippen molar-refractivity contribution in [2.45, 2.75) is 65.3 Å². The molecule has 0 unspecified atom stereocenters. The van der Waals surface area contributed by atoms with E-state index in [1.165, 1.54) is 5.57 Å². The maximum atomic E-state index is 12.8. The Morgan fingerprint density at radius 2 is 1.73 bits per heavy atom. The summed E-state index contributed by atoms with van der Waals surface area (Å²) in [7, 11) is 7.28. The Morgan fingerprint density at radius 1 is 1.02 bits per heavy atom. The van der Waals surface area contributed by atoms with E-state index in [2.05, 4.69) is 15.7 Å². The largest absolute Gasteiger partial charge is 0.444 e. The number of hydrogen-bond donors (Lipinski definition) is 0. The number of likely N-dealkylation sites (N-methyl/N-ethyl adjacent to an activating group) is 2. The second-order valence-electron chi connectivity index (χ2n) is 13.0. The van der Waals surface area contributed by atoms with Crippen molar-refractivity contribution in [2.75, 3.05) is 61.2 Å². The topological polar surface area (TPSA) is 98.6 Å². The lowest BCUT2D eigenvalue weighted by Crippen LogP contribution is -2.38. The fourth-order valence-electron chi connectivity index (χ4n) is 5.83.